The Morgan fingerprint density at radius 1 is 1.38 bits per heavy atom. The van der Waals surface area contributed by atoms with Crippen LogP contribution in [0, 0.1) is 5.82 Å². The van der Waals surface area contributed by atoms with Crippen molar-refractivity contribution < 1.29 is 18.7 Å². The van der Waals surface area contributed by atoms with Gasteiger partial charge in [0.25, 0.3) is 0 Å². The molecule has 6 nitrogen and oxygen atoms in total. The average Bonchev–Trinajstić information content (AvgIpc) is 3.19. The number of hydrogen-bond donors (Lipinski definition) is 2. The highest BCUT2D eigenvalue weighted by Gasteiger charge is 2.16. The Bertz CT molecular complexity index is 886. The van der Waals surface area contributed by atoms with Gasteiger partial charge in [-0.15, -0.1) is 0 Å². The number of halogens is 2. The van der Waals surface area contributed by atoms with E-state index < -0.39 is 5.78 Å². The van der Waals surface area contributed by atoms with E-state index in [1.54, 1.807) is 12.1 Å². The number of nitrogens with zero attached hydrogens (tertiary/aromatic N) is 2. The van der Waals surface area contributed by atoms with E-state index in [1.165, 1.54) is 24.5 Å². The lowest BCUT2D eigenvalue weighted by atomic mass is 10.1. The Kier molecular flexibility index (Phi) is 4.43. The van der Waals surface area contributed by atoms with Crippen molar-refractivity contribution in [1.82, 2.24) is 15.2 Å². The standard InChI is InChI=1S/C16H11ClFN3O3/c17-15-6-11(12(22)7-13(23)16-19-8-20-21-16)14(24-15)5-9-1-3-10(18)4-2-9/h1-4,6-8,22H,5H2,(H,19,20,21). The molecule has 3 rings (SSSR count). The molecule has 0 bridgehead atoms. The molecule has 0 aliphatic rings. The summed E-state index contributed by atoms with van der Waals surface area (Å²) in [6.07, 6.45) is 2.46. The molecule has 1 aromatic carbocycles. The second-order valence-corrected chi connectivity index (χ2v) is 5.29. The van der Waals surface area contributed by atoms with E-state index >= 15 is 0 Å². The van der Waals surface area contributed by atoms with Crippen LogP contribution in [0.4, 0.5) is 4.39 Å². The Morgan fingerprint density at radius 2 is 2.12 bits per heavy atom. The van der Waals surface area contributed by atoms with Crippen molar-refractivity contribution >= 4 is 23.1 Å². The van der Waals surface area contributed by atoms with Crippen LogP contribution >= 0.6 is 11.6 Å². The average molecular weight is 348 g/mol. The van der Waals surface area contributed by atoms with Gasteiger partial charge in [-0.25, -0.2) is 9.37 Å². The van der Waals surface area contributed by atoms with Crippen LogP contribution in [-0.4, -0.2) is 26.1 Å². The first-order valence-electron chi connectivity index (χ1n) is 6.86. The Labute approximate surface area is 140 Å². The number of H-pyrrole nitrogens is 1. The van der Waals surface area contributed by atoms with E-state index in [1.807, 2.05) is 0 Å². The minimum atomic E-state index is -0.546. The third-order valence-corrected chi connectivity index (χ3v) is 3.44. The van der Waals surface area contributed by atoms with Crippen molar-refractivity contribution in [2.24, 2.45) is 0 Å². The van der Waals surface area contributed by atoms with Gasteiger partial charge >= 0.3 is 0 Å². The minimum absolute atomic E-state index is 0.00349. The molecule has 0 saturated heterocycles. The van der Waals surface area contributed by atoms with Crippen molar-refractivity contribution in [2.75, 3.05) is 0 Å². The number of rotatable bonds is 5. The number of carbonyl (C=O) groups excluding carboxylic acids is 1. The van der Waals surface area contributed by atoms with Crippen LogP contribution in [0.3, 0.4) is 0 Å². The number of nitrogens with one attached hydrogen (secondary N) is 1. The number of ketones is 1. The minimum Gasteiger partial charge on any atom is -0.507 e. The largest absolute Gasteiger partial charge is 0.507 e. The smallest absolute Gasteiger partial charge is 0.226 e. The number of aromatic nitrogens is 3. The van der Waals surface area contributed by atoms with Crippen molar-refractivity contribution in [3.05, 3.63) is 76.5 Å². The number of aliphatic hydroxyl groups excluding tert-OH is 1. The summed E-state index contributed by atoms with van der Waals surface area (Å²) in [7, 11) is 0. The van der Waals surface area contributed by atoms with Crippen LogP contribution in [0.1, 0.15) is 27.5 Å². The zero-order valence-electron chi connectivity index (χ0n) is 12.2. The molecule has 0 unspecified atom stereocenters. The van der Waals surface area contributed by atoms with Crippen LogP contribution in [0.15, 0.2) is 47.2 Å². The first kappa shape index (κ1) is 15.9. The van der Waals surface area contributed by atoms with Crippen LogP contribution in [0.2, 0.25) is 5.22 Å². The quantitative estimate of drug-likeness (QED) is 0.418. The summed E-state index contributed by atoms with van der Waals surface area (Å²) >= 11 is 5.86. The molecule has 24 heavy (non-hydrogen) atoms. The predicted octanol–water partition coefficient (Wildman–Crippen LogP) is 3.56. The van der Waals surface area contributed by atoms with E-state index in [9.17, 15) is 14.3 Å². The highest BCUT2D eigenvalue weighted by Crippen LogP contribution is 2.27. The maximum atomic E-state index is 13.0. The first-order chi connectivity index (χ1) is 11.5. The molecule has 0 aliphatic carbocycles. The van der Waals surface area contributed by atoms with Crippen LogP contribution in [0.25, 0.3) is 5.76 Å². The molecule has 0 atom stereocenters. The first-order valence-corrected chi connectivity index (χ1v) is 7.24. The lowest BCUT2D eigenvalue weighted by molar-refractivity contribution is 0.103. The van der Waals surface area contributed by atoms with Gasteiger partial charge in [0.05, 0.1) is 5.56 Å². The molecule has 0 aliphatic heterocycles. The molecule has 0 amide bonds. The maximum absolute atomic E-state index is 13.0. The zero-order chi connectivity index (χ0) is 17.1. The van der Waals surface area contributed by atoms with Crippen molar-refractivity contribution in [1.29, 1.82) is 0 Å². The lowest BCUT2D eigenvalue weighted by Crippen LogP contribution is -2.00. The molecule has 8 heteroatoms. The Balaban J connectivity index is 1.88. The van der Waals surface area contributed by atoms with E-state index in [0.717, 1.165) is 11.6 Å². The van der Waals surface area contributed by atoms with Gasteiger partial charge < -0.3 is 9.52 Å². The monoisotopic (exact) mass is 347 g/mol. The lowest BCUT2D eigenvalue weighted by Gasteiger charge is -2.02. The molecular weight excluding hydrogens is 337 g/mol. The van der Waals surface area contributed by atoms with Gasteiger partial charge in [-0.1, -0.05) is 12.1 Å². The van der Waals surface area contributed by atoms with Crippen molar-refractivity contribution in [3.8, 4) is 0 Å². The Hall–Kier alpha value is -2.93. The molecule has 2 aromatic heterocycles. The van der Waals surface area contributed by atoms with Crippen LogP contribution < -0.4 is 0 Å². The highest BCUT2D eigenvalue weighted by atomic mass is 35.5. The summed E-state index contributed by atoms with van der Waals surface area (Å²) in [4.78, 5) is 15.6. The molecule has 0 saturated carbocycles. The number of benzene rings is 1. The van der Waals surface area contributed by atoms with Crippen molar-refractivity contribution in [2.45, 2.75) is 6.42 Å². The van der Waals surface area contributed by atoms with Gasteiger partial charge in [0.1, 0.15) is 23.7 Å². The summed E-state index contributed by atoms with van der Waals surface area (Å²) in [5.41, 5.74) is 1.04. The number of furan rings is 1. The third kappa shape index (κ3) is 3.52. The third-order valence-electron chi connectivity index (χ3n) is 3.25. The molecule has 3 aromatic rings. The maximum Gasteiger partial charge on any atom is 0.226 e. The molecule has 122 valence electrons. The van der Waals surface area contributed by atoms with Crippen LogP contribution in [-0.2, 0) is 6.42 Å². The predicted molar refractivity (Wildman–Crippen MR) is 84.2 cm³/mol. The number of aliphatic hydroxyl groups is 1. The highest BCUT2D eigenvalue weighted by molar-refractivity contribution is 6.29. The van der Waals surface area contributed by atoms with Gasteiger partial charge in [-0.05, 0) is 29.3 Å². The van der Waals surface area contributed by atoms with E-state index in [2.05, 4.69) is 15.2 Å². The van der Waals surface area contributed by atoms with Crippen molar-refractivity contribution in [3.63, 3.8) is 0 Å². The molecular formula is C16H11ClFN3O3. The fourth-order valence-corrected chi connectivity index (χ4v) is 2.33. The summed E-state index contributed by atoms with van der Waals surface area (Å²) < 4.78 is 18.3. The SMILES string of the molecule is O=C(C=C(O)c1cc(Cl)oc1Cc1ccc(F)cc1)c1ncn[nH]1. The van der Waals surface area contributed by atoms with E-state index in [-0.39, 0.29) is 34.6 Å². The van der Waals surface area contributed by atoms with Gasteiger partial charge in [0.2, 0.25) is 5.78 Å². The summed E-state index contributed by atoms with van der Waals surface area (Å²) in [6, 6.07) is 7.23. The summed E-state index contributed by atoms with van der Waals surface area (Å²) in [5.74, 6) is -0.863. The van der Waals surface area contributed by atoms with Gasteiger partial charge in [-0.2, -0.15) is 5.10 Å². The molecule has 0 radical (unpaired) electrons. The Morgan fingerprint density at radius 3 is 2.79 bits per heavy atom. The zero-order valence-corrected chi connectivity index (χ0v) is 12.9. The molecule has 0 fully saturated rings. The number of hydrogen-bond acceptors (Lipinski definition) is 5. The molecule has 2 N–H and O–H groups in total. The second-order valence-electron chi connectivity index (χ2n) is 4.92. The summed E-state index contributed by atoms with van der Waals surface area (Å²) in [5, 5.41) is 16.2. The van der Waals surface area contributed by atoms with Gasteiger partial charge in [0.15, 0.2) is 11.0 Å². The molecule has 2 heterocycles. The fraction of sp³-hybridized carbons (Fsp3) is 0.0625. The van der Waals surface area contributed by atoms with Gasteiger partial charge in [-0.3, -0.25) is 9.89 Å². The van der Waals surface area contributed by atoms with Crippen LogP contribution in [0.5, 0.6) is 0 Å². The number of aromatic amines is 1. The fourth-order valence-electron chi connectivity index (χ4n) is 2.13. The second kappa shape index (κ2) is 6.67. The number of carbonyl (C=O) groups is 1. The molecule has 0 spiro atoms. The normalized spacial score (nSPS) is 11.7. The topological polar surface area (TPSA) is 92.0 Å². The number of allylic oxidation sites excluding steroid dienone is 1. The van der Waals surface area contributed by atoms with E-state index in [0.29, 0.717) is 5.76 Å². The van der Waals surface area contributed by atoms with E-state index in [4.69, 9.17) is 16.0 Å². The van der Waals surface area contributed by atoms with Gasteiger partial charge in [0, 0.05) is 18.6 Å². The summed E-state index contributed by atoms with van der Waals surface area (Å²) in [6.45, 7) is 0.